The van der Waals surface area contributed by atoms with Gasteiger partial charge in [-0.3, -0.25) is 0 Å². The fourth-order valence-electron chi connectivity index (χ4n) is 8.70. The normalized spacial score (nSPS) is 52.8. The van der Waals surface area contributed by atoms with Crippen molar-refractivity contribution in [1.82, 2.24) is 0 Å². The Bertz CT molecular complexity index is 1520. The van der Waals surface area contributed by atoms with Gasteiger partial charge in [-0.15, -0.1) is 0 Å². The van der Waals surface area contributed by atoms with Crippen molar-refractivity contribution in [3.63, 3.8) is 0 Å². The Kier molecular flexibility index (Phi) is 19.9. The second-order valence-electron chi connectivity index (χ2n) is 17.0. The average molecular weight is 1000 g/mol. The van der Waals surface area contributed by atoms with Gasteiger partial charge in [0.2, 0.25) is 0 Å². The molecule has 6 saturated heterocycles. The molecule has 30 atom stereocenters. The predicted molar refractivity (Wildman–Crippen MR) is 204 cm³/mol. The Morgan fingerprint density at radius 3 is 0.794 bits per heavy atom. The van der Waals surface area contributed by atoms with Gasteiger partial charge in [-0.05, 0) is 0 Å². The van der Waals surface area contributed by atoms with E-state index >= 15 is 0 Å². The molecule has 6 rings (SSSR count). The number of methoxy groups -OCH3 is 1. The lowest BCUT2D eigenvalue weighted by Crippen LogP contribution is -2.68. The van der Waals surface area contributed by atoms with Gasteiger partial charge in [-0.25, -0.2) is 0 Å². The van der Waals surface area contributed by atoms with Crippen LogP contribution in [0, 0.1) is 0 Å². The lowest BCUT2D eigenvalue weighted by atomic mass is 9.95. The molecular formula is C37H64O31. The van der Waals surface area contributed by atoms with Crippen molar-refractivity contribution in [2.45, 2.75) is 184 Å². The first kappa shape index (κ1) is 56.1. The van der Waals surface area contributed by atoms with Gasteiger partial charge < -0.3 is 154 Å². The van der Waals surface area contributed by atoms with Gasteiger partial charge in [0.15, 0.2) is 37.7 Å². The van der Waals surface area contributed by atoms with Gasteiger partial charge in [-0.1, -0.05) is 0 Å². The van der Waals surface area contributed by atoms with Crippen LogP contribution in [0.3, 0.4) is 0 Å². The maximum Gasteiger partial charge on any atom is 0.187 e. The smallest absolute Gasteiger partial charge is 0.187 e. The molecule has 31 nitrogen and oxygen atoms in total. The fraction of sp³-hybridized carbons (Fsp3) is 1.00. The van der Waals surface area contributed by atoms with Crippen molar-refractivity contribution in [2.75, 3.05) is 46.8 Å². The van der Waals surface area contributed by atoms with Gasteiger partial charge in [0.1, 0.15) is 146 Å². The molecule has 398 valence electrons. The molecule has 0 spiro atoms. The highest BCUT2D eigenvalue weighted by Crippen LogP contribution is 2.37. The van der Waals surface area contributed by atoms with Crippen LogP contribution in [0.15, 0.2) is 0 Å². The summed E-state index contributed by atoms with van der Waals surface area (Å²) in [5.41, 5.74) is 0. The lowest BCUT2D eigenvalue weighted by Gasteiger charge is -2.50. The zero-order chi connectivity index (χ0) is 50.0. The Morgan fingerprint density at radius 1 is 0.250 bits per heavy atom. The van der Waals surface area contributed by atoms with E-state index in [2.05, 4.69) is 0 Å². The third-order valence-electron chi connectivity index (χ3n) is 12.6. The first-order chi connectivity index (χ1) is 32.3. The monoisotopic (exact) mass is 1000 g/mol. The average Bonchev–Trinajstić information content (AvgIpc) is 3.33. The first-order valence-corrected chi connectivity index (χ1v) is 21.5. The summed E-state index contributed by atoms with van der Waals surface area (Å²) >= 11 is 0. The van der Waals surface area contributed by atoms with Crippen LogP contribution in [0.25, 0.3) is 0 Å². The molecule has 0 unspecified atom stereocenters. The minimum Gasteiger partial charge on any atom is -0.394 e. The van der Waals surface area contributed by atoms with E-state index in [1.807, 2.05) is 0 Å². The maximum absolute atomic E-state index is 11.4. The summed E-state index contributed by atoms with van der Waals surface area (Å²) in [7, 11) is 1.16. The Balaban J connectivity index is 1.10. The molecule has 6 heterocycles. The number of rotatable bonds is 17. The quantitative estimate of drug-likeness (QED) is 0.0643. The van der Waals surface area contributed by atoms with E-state index in [0.717, 1.165) is 7.11 Å². The molecule has 0 aromatic heterocycles. The van der Waals surface area contributed by atoms with E-state index in [-0.39, 0.29) is 0 Å². The Labute approximate surface area is 384 Å². The second-order valence-corrected chi connectivity index (χ2v) is 17.0. The number of aliphatic hydroxyl groups is 19. The number of aliphatic hydroxyl groups excluding tert-OH is 19. The van der Waals surface area contributed by atoms with Crippen molar-refractivity contribution in [2.24, 2.45) is 0 Å². The highest BCUT2D eigenvalue weighted by atomic mass is 16.8. The topological polar surface area (TPSA) is 495 Å². The van der Waals surface area contributed by atoms with Gasteiger partial charge in [0, 0.05) is 7.11 Å². The molecule has 6 aliphatic heterocycles. The van der Waals surface area contributed by atoms with E-state index in [9.17, 15) is 97.0 Å². The van der Waals surface area contributed by atoms with Crippen molar-refractivity contribution in [3.8, 4) is 0 Å². The summed E-state index contributed by atoms with van der Waals surface area (Å²) in [6, 6.07) is 0. The minimum absolute atomic E-state index is 0.780. The van der Waals surface area contributed by atoms with Crippen LogP contribution < -0.4 is 0 Å². The minimum atomic E-state index is -2.21. The fourth-order valence-corrected chi connectivity index (χ4v) is 8.70. The molecular weight excluding hydrogens is 940 g/mol. The zero-order valence-electron chi connectivity index (χ0n) is 36.0. The molecule has 6 aliphatic rings. The van der Waals surface area contributed by atoms with Gasteiger partial charge in [-0.2, -0.15) is 0 Å². The van der Waals surface area contributed by atoms with Crippen LogP contribution in [0.2, 0.25) is 0 Å². The third kappa shape index (κ3) is 11.3. The van der Waals surface area contributed by atoms with Gasteiger partial charge in [0.05, 0.1) is 39.6 Å². The Morgan fingerprint density at radius 2 is 0.485 bits per heavy atom. The molecule has 0 amide bonds. The van der Waals surface area contributed by atoms with Crippen LogP contribution in [0.5, 0.6) is 0 Å². The molecule has 0 aromatic rings. The molecule has 0 radical (unpaired) electrons. The zero-order valence-corrected chi connectivity index (χ0v) is 36.0. The second kappa shape index (κ2) is 24.2. The molecule has 19 N–H and O–H groups in total. The highest BCUT2D eigenvalue weighted by molar-refractivity contribution is 5.00. The predicted octanol–water partition coefficient (Wildman–Crippen LogP) is -13.4. The maximum atomic E-state index is 11.4. The van der Waals surface area contributed by atoms with Crippen LogP contribution in [0.1, 0.15) is 0 Å². The molecule has 0 aromatic carbocycles. The van der Waals surface area contributed by atoms with E-state index in [4.69, 9.17) is 56.8 Å². The highest BCUT2D eigenvalue weighted by Gasteiger charge is 2.57. The standard InChI is InChI=1S/C37H64O31/c1-57-32-22(52)17(47)27(10(4-40)60-32)65-34-24(54)19(49)30(13(7-43)62-34)67-37-26(56)31(15(45)9(3-39)59-37)68-36-25(55)20(50)29(12(6-42)63-36)66-35-23(53)18(48)28(11(5-41)61-35)64-33-21(51)16(46)14(44)8(2-38)58-33/h8-56H,2-7H2,1H3/t8-,9-,10-,11-,12-,13-,14+,15-,16+,17-,18-,19-,20-,21-,22-,23-,24-,25-,26-,27-,28-,29-,30-,31+,32-,33+,34+,35+,36+,37+/m1/s1. The summed E-state index contributed by atoms with van der Waals surface area (Å²) in [4.78, 5) is 0. The van der Waals surface area contributed by atoms with Crippen molar-refractivity contribution in [1.29, 1.82) is 0 Å². The summed E-state index contributed by atoms with van der Waals surface area (Å²) < 4.78 is 66.1. The van der Waals surface area contributed by atoms with Crippen LogP contribution in [0.4, 0.5) is 0 Å². The molecule has 31 heteroatoms. The SMILES string of the molecule is CO[C@@H]1O[C@H](CO)[C@@H](O[C@@H]2O[C@H](CO)[C@@H](O[C@@H]3O[C@H](CO)[C@@H](O)[C@H](O[C@@H]4O[C@H](CO)[C@@H](O[C@@H]5O[C@H](CO)[C@@H](O[C@@H]6O[C@H](CO)[C@H](O)[C@H](O)[C@H]6O)[C@H](O)[C@H]5O)[C@H](O)[C@H]4O)[C@H]3O)[C@H](O)[C@H]2O)[C@H](O)[C@H]1O. The van der Waals surface area contributed by atoms with E-state index in [0.29, 0.717) is 0 Å². The van der Waals surface area contributed by atoms with Crippen LogP contribution in [-0.2, 0) is 56.8 Å². The largest absolute Gasteiger partial charge is 0.394 e. The third-order valence-corrected chi connectivity index (χ3v) is 12.6. The summed E-state index contributed by atoms with van der Waals surface area (Å²) in [5.74, 6) is 0. The molecule has 68 heavy (non-hydrogen) atoms. The lowest BCUT2D eigenvalue weighted by molar-refractivity contribution is -0.396. The number of hydrogen-bond donors (Lipinski definition) is 19. The van der Waals surface area contributed by atoms with E-state index in [1.165, 1.54) is 0 Å². The summed E-state index contributed by atoms with van der Waals surface area (Å²) in [5, 5.41) is 201. The Hall–Kier alpha value is -1.24. The number of ether oxygens (including phenoxy) is 12. The first-order valence-electron chi connectivity index (χ1n) is 21.5. The van der Waals surface area contributed by atoms with Crippen molar-refractivity contribution < 1.29 is 154 Å². The van der Waals surface area contributed by atoms with Crippen molar-refractivity contribution >= 4 is 0 Å². The summed E-state index contributed by atoms with van der Waals surface area (Å²) in [6.45, 7) is -5.58. The summed E-state index contributed by atoms with van der Waals surface area (Å²) in [6.07, 6.45) is -55.6. The van der Waals surface area contributed by atoms with Crippen LogP contribution in [-0.4, -0.2) is 328 Å². The van der Waals surface area contributed by atoms with Gasteiger partial charge in [0.25, 0.3) is 0 Å². The van der Waals surface area contributed by atoms with Crippen LogP contribution >= 0.6 is 0 Å². The van der Waals surface area contributed by atoms with Crippen molar-refractivity contribution in [3.05, 3.63) is 0 Å². The van der Waals surface area contributed by atoms with E-state index in [1.54, 1.807) is 0 Å². The molecule has 0 bridgehead atoms. The molecule has 0 aliphatic carbocycles. The van der Waals surface area contributed by atoms with E-state index < -0.39 is 224 Å². The molecule has 0 saturated carbocycles. The number of hydrogen-bond acceptors (Lipinski definition) is 31. The molecule has 6 fully saturated rings. The van der Waals surface area contributed by atoms with Gasteiger partial charge >= 0.3 is 0 Å².